The topological polar surface area (TPSA) is 67.9 Å². The average Bonchev–Trinajstić information content (AvgIpc) is 2.98. The monoisotopic (exact) mass is 450 g/mol. The fraction of sp³-hybridized carbons (Fsp3) is 0.407. The standard InChI is InChI=1S/C27H34N2O4/c1-17(2)32-16-8-15-29-26(30)24(21-11-13-22(14-12-21)33-18(3)4)25(27(29)31)28-23-10-7-9-19(5)20(23)6/h7,9-14,17-18,28H,8,15-16H2,1-6H3. The summed E-state index contributed by atoms with van der Waals surface area (Å²) < 4.78 is 11.3. The summed E-state index contributed by atoms with van der Waals surface area (Å²) in [6, 6.07) is 13.2. The smallest absolute Gasteiger partial charge is 0.278 e. The fourth-order valence-corrected chi connectivity index (χ4v) is 3.70. The Hall–Kier alpha value is -3.12. The van der Waals surface area contributed by atoms with Crippen molar-refractivity contribution in [3.05, 3.63) is 64.9 Å². The van der Waals surface area contributed by atoms with Crippen LogP contribution in [0.3, 0.4) is 0 Å². The molecule has 33 heavy (non-hydrogen) atoms. The van der Waals surface area contributed by atoms with Gasteiger partial charge in [-0.2, -0.15) is 0 Å². The van der Waals surface area contributed by atoms with Gasteiger partial charge >= 0.3 is 0 Å². The van der Waals surface area contributed by atoms with Gasteiger partial charge in [0.1, 0.15) is 11.4 Å². The van der Waals surface area contributed by atoms with Gasteiger partial charge in [0.15, 0.2) is 0 Å². The molecular formula is C27H34N2O4. The van der Waals surface area contributed by atoms with E-state index in [1.165, 1.54) is 4.90 Å². The first-order chi connectivity index (χ1) is 15.7. The maximum atomic E-state index is 13.4. The largest absolute Gasteiger partial charge is 0.491 e. The van der Waals surface area contributed by atoms with E-state index in [0.717, 1.165) is 22.6 Å². The summed E-state index contributed by atoms with van der Waals surface area (Å²) in [5.74, 6) is 0.107. The van der Waals surface area contributed by atoms with Gasteiger partial charge in [-0.25, -0.2) is 0 Å². The van der Waals surface area contributed by atoms with Gasteiger partial charge < -0.3 is 14.8 Å². The third-order valence-electron chi connectivity index (χ3n) is 5.52. The van der Waals surface area contributed by atoms with Crippen molar-refractivity contribution < 1.29 is 19.1 Å². The van der Waals surface area contributed by atoms with E-state index in [9.17, 15) is 9.59 Å². The first-order valence-electron chi connectivity index (χ1n) is 11.5. The molecule has 0 fully saturated rings. The number of carbonyl (C=O) groups is 2. The lowest BCUT2D eigenvalue weighted by Gasteiger charge is -2.16. The van der Waals surface area contributed by atoms with E-state index in [2.05, 4.69) is 5.32 Å². The van der Waals surface area contributed by atoms with E-state index in [4.69, 9.17) is 9.47 Å². The van der Waals surface area contributed by atoms with Crippen molar-refractivity contribution in [3.63, 3.8) is 0 Å². The van der Waals surface area contributed by atoms with Crippen molar-refractivity contribution >= 4 is 23.1 Å². The molecule has 6 heteroatoms. The molecule has 2 aromatic carbocycles. The molecule has 0 bridgehead atoms. The third-order valence-corrected chi connectivity index (χ3v) is 5.52. The molecule has 0 aromatic heterocycles. The maximum absolute atomic E-state index is 13.4. The highest BCUT2D eigenvalue weighted by atomic mass is 16.5. The van der Waals surface area contributed by atoms with E-state index in [1.807, 2.05) is 84.0 Å². The molecule has 1 aliphatic heterocycles. The highest BCUT2D eigenvalue weighted by Crippen LogP contribution is 2.32. The van der Waals surface area contributed by atoms with Gasteiger partial charge in [0.2, 0.25) is 0 Å². The molecule has 0 atom stereocenters. The zero-order chi connectivity index (χ0) is 24.1. The van der Waals surface area contributed by atoms with Crippen LogP contribution in [0, 0.1) is 13.8 Å². The van der Waals surface area contributed by atoms with Crippen molar-refractivity contribution in [1.82, 2.24) is 4.90 Å². The van der Waals surface area contributed by atoms with Crippen LogP contribution in [0.25, 0.3) is 5.57 Å². The van der Waals surface area contributed by atoms with E-state index in [1.54, 1.807) is 0 Å². The second kappa shape index (κ2) is 10.7. The predicted molar refractivity (Wildman–Crippen MR) is 131 cm³/mol. The van der Waals surface area contributed by atoms with Crippen molar-refractivity contribution in [2.45, 2.75) is 60.2 Å². The number of rotatable bonds is 10. The molecule has 2 amide bonds. The van der Waals surface area contributed by atoms with Crippen molar-refractivity contribution in [2.75, 3.05) is 18.5 Å². The zero-order valence-electron chi connectivity index (χ0n) is 20.4. The Labute approximate surface area is 196 Å². The molecule has 176 valence electrons. The van der Waals surface area contributed by atoms with Crippen LogP contribution in [0.2, 0.25) is 0 Å². The second-order valence-electron chi connectivity index (χ2n) is 8.85. The molecule has 0 aliphatic carbocycles. The van der Waals surface area contributed by atoms with Crippen molar-refractivity contribution in [3.8, 4) is 5.75 Å². The molecule has 2 aromatic rings. The fourth-order valence-electron chi connectivity index (χ4n) is 3.70. The van der Waals surface area contributed by atoms with Crippen LogP contribution in [0.1, 0.15) is 50.8 Å². The summed E-state index contributed by atoms with van der Waals surface area (Å²) in [4.78, 5) is 28.1. The lowest BCUT2D eigenvalue weighted by atomic mass is 10.0. The first-order valence-corrected chi connectivity index (χ1v) is 11.5. The molecule has 0 saturated heterocycles. The number of carbonyl (C=O) groups excluding carboxylic acids is 2. The van der Waals surface area contributed by atoms with E-state index in [0.29, 0.717) is 36.4 Å². The summed E-state index contributed by atoms with van der Waals surface area (Å²) in [5.41, 5.74) is 4.32. The summed E-state index contributed by atoms with van der Waals surface area (Å²) in [5, 5.41) is 3.27. The normalized spacial score (nSPS) is 14.1. The maximum Gasteiger partial charge on any atom is 0.278 e. The average molecular weight is 451 g/mol. The molecule has 3 rings (SSSR count). The number of imide groups is 1. The number of hydrogen-bond donors (Lipinski definition) is 1. The van der Waals surface area contributed by atoms with Gasteiger partial charge in [0.05, 0.1) is 17.8 Å². The molecule has 1 heterocycles. The second-order valence-corrected chi connectivity index (χ2v) is 8.85. The predicted octanol–water partition coefficient (Wildman–Crippen LogP) is 5.10. The highest BCUT2D eigenvalue weighted by Gasteiger charge is 2.39. The highest BCUT2D eigenvalue weighted by molar-refractivity contribution is 6.36. The quantitative estimate of drug-likeness (QED) is 0.403. The molecule has 0 unspecified atom stereocenters. The van der Waals surface area contributed by atoms with Crippen LogP contribution in [0.5, 0.6) is 5.75 Å². The Kier molecular flexibility index (Phi) is 7.92. The van der Waals surface area contributed by atoms with Crippen LogP contribution in [-0.2, 0) is 14.3 Å². The Morgan fingerprint density at radius 3 is 2.24 bits per heavy atom. The molecule has 1 N–H and O–H groups in total. The van der Waals surface area contributed by atoms with Gasteiger partial charge in [-0.1, -0.05) is 24.3 Å². The van der Waals surface area contributed by atoms with Gasteiger partial charge in [-0.05, 0) is 82.9 Å². The summed E-state index contributed by atoms with van der Waals surface area (Å²) in [6.45, 7) is 12.7. The van der Waals surface area contributed by atoms with E-state index >= 15 is 0 Å². The molecule has 1 aliphatic rings. The zero-order valence-corrected chi connectivity index (χ0v) is 20.4. The summed E-state index contributed by atoms with van der Waals surface area (Å²) >= 11 is 0. The van der Waals surface area contributed by atoms with Gasteiger partial charge in [-0.15, -0.1) is 0 Å². The third kappa shape index (κ3) is 5.82. The Balaban J connectivity index is 1.94. The molecule has 0 radical (unpaired) electrons. The number of ether oxygens (including phenoxy) is 2. The Morgan fingerprint density at radius 1 is 0.909 bits per heavy atom. The number of anilines is 1. The molecule has 6 nitrogen and oxygen atoms in total. The number of hydrogen-bond acceptors (Lipinski definition) is 5. The van der Waals surface area contributed by atoms with Crippen LogP contribution in [0.15, 0.2) is 48.2 Å². The van der Waals surface area contributed by atoms with Gasteiger partial charge in [0.25, 0.3) is 11.8 Å². The number of benzene rings is 2. The SMILES string of the molecule is Cc1cccc(NC2=C(c3ccc(OC(C)C)cc3)C(=O)N(CCCOC(C)C)C2=O)c1C. The number of nitrogens with one attached hydrogen (secondary N) is 1. The molecule has 0 saturated carbocycles. The van der Waals surface area contributed by atoms with Gasteiger partial charge in [-0.3, -0.25) is 14.5 Å². The van der Waals surface area contributed by atoms with Crippen LogP contribution in [0.4, 0.5) is 5.69 Å². The van der Waals surface area contributed by atoms with Crippen molar-refractivity contribution in [1.29, 1.82) is 0 Å². The van der Waals surface area contributed by atoms with Crippen LogP contribution in [-0.4, -0.2) is 42.1 Å². The minimum absolute atomic E-state index is 0.0508. The Morgan fingerprint density at radius 2 is 1.61 bits per heavy atom. The van der Waals surface area contributed by atoms with E-state index < -0.39 is 0 Å². The number of aryl methyl sites for hydroxylation is 1. The van der Waals surface area contributed by atoms with Gasteiger partial charge in [0, 0.05) is 18.8 Å². The first kappa shape index (κ1) is 24.5. The lowest BCUT2D eigenvalue weighted by Crippen LogP contribution is -2.34. The minimum Gasteiger partial charge on any atom is -0.491 e. The van der Waals surface area contributed by atoms with E-state index in [-0.39, 0.29) is 24.0 Å². The molecule has 0 spiro atoms. The number of nitrogens with zero attached hydrogens (tertiary/aromatic N) is 1. The minimum atomic E-state index is -0.317. The Bertz CT molecular complexity index is 1040. The van der Waals surface area contributed by atoms with Crippen LogP contribution < -0.4 is 10.1 Å². The van der Waals surface area contributed by atoms with Crippen LogP contribution >= 0.6 is 0 Å². The summed E-state index contributed by atoms with van der Waals surface area (Å²) in [7, 11) is 0. The van der Waals surface area contributed by atoms with Crippen molar-refractivity contribution in [2.24, 2.45) is 0 Å². The summed E-state index contributed by atoms with van der Waals surface area (Å²) in [6.07, 6.45) is 0.743. The molecular weight excluding hydrogens is 416 g/mol. The lowest BCUT2D eigenvalue weighted by molar-refractivity contribution is -0.137. The number of amides is 2.